The third kappa shape index (κ3) is 5.31. The number of hydrogen-bond acceptors (Lipinski definition) is 5. The summed E-state index contributed by atoms with van der Waals surface area (Å²) in [6.07, 6.45) is 8.72. The largest absolute Gasteiger partial charge is 0.480 e. The number of carbonyl (C=O) groups is 3. The lowest BCUT2D eigenvalue weighted by molar-refractivity contribution is -0.139. The number of allylic oxidation sites excluding steroid dienone is 2. The Balaban J connectivity index is 1.58. The lowest BCUT2D eigenvalue weighted by Crippen LogP contribution is -2.62. The molecule has 192 valence electrons. The van der Waals surface area contributed by atoms with Gasteiger partial charge in [-0.15, -0.1) is 0 Å². The molecule has 7 nitrogen and oxygen atoms in total. The van der Waals surface area contributed by atoms with Gasteiger partial charge in [0.1, 0.15) is 12.6 Å². The monoisotopic (exact) mass is 492 g/mol. The van der Waals surface area contributed by atoms with Gasteiger partial charge in [-0.05, 0) is 55.6 Å². The average molecular weight is 493 g/mol. The number of amides is 1. The number of nitrogens with one attached hydrogen (secondary N) is 2. The molecule has 0 spiro atoms. The number of cyclic esters (lactones) is 1. The first kappa shape index (κ1) is 25.9. The highest BCUT2D eigenvalue weighted by Crippen LogP contribution is 2.55. The standard InChI is InChI=1S/C29H36N2O5/c1-19-9-12-24-28(2,22(19)11-10-21-14-16-36-27(21)35)15-13-25(32)31-29(24,3)18-30-23(26(33)34)17-20-7-5-4-6-8-20/h4-8,10-11,14,22-24,30H,1,9,12-13,15-18H2,2-3H3,(H,31,32)(H,33,34)/b11-10+/t22-,23?,24+,28+,29+/m1/s1. The Morgan fingerprint density at radius 1 is 1.28 bits per heavy atom. The van der Waals surface area contributed by atoms with Gasteiger partial charge in [-0.2, -0.15) is 0 Å². The van der Waals surface area contributed by atoms with Gasteiger partial charge in [-0.25, -0.2) is 4.79 Å². The zero-order valence-corrected chi connectivity index (χ0v) is 21.1. The third-order valence-corrected chi connectivity index (χ3v) is 8.30. The summed E-state index contributed by atoms with van der Waals surface area (Å²) in [7, 11) is 0. The van der Waals surface area contributed by atoms with Crippen molar-refractivity contribution < 1.29 is 24.2 Å². The first-order chi connectivity index (χ1) is 17.1. The maximum Gasteiger partial charge on any atom is 0.338 e. The number of hydrogen-bond donors (Lipinski definition) is 3. The van der Waals surface area contributed by atoms with E-state index in [2.05, 4.69) is 24.1 Å². The molecule has 2 fully saturated rings. The number of carboxylic acids is 1. The highest BCUT2D eigenvalue weighted by Gasteiger charge is 2.54. The topological polar surface area (TPSA) is 105 Å². The molecule has 3 N–H and O–H groups in total. The van der Waals surface area contributed by atoms with Crippen molar-refractivity contribution in [3.8, 4) is 0 Å². The van der Waals surface area contributed by atoms with Crippen LogP contribution >= 0.6 is 0 Å². The van der Waals surface area contributed by atoms with Gasteiger partial charge in [-0.3, -0.25) is 9.59 Å². The van der Waals surface area contributed by atoms with Gasteiger partial charge >= 0.3 is 11.9 Å². The number of aliphatic carboxylic acids is 1. The van der Waals surface area contributed by atoms with Crippen LogP contribution in [0.25, 0.3) is 0 Å². The first-order valence-electron chi connectivity index (χ1n) is 12.7. The summed E-state index contributed by atoms with van der Waals surface area (Å²) in [5.41, 5.74) is 1.64. The van der Waals surface area contributed by atoms with Crippen LogP contribution in [0.2, 0.25) is 0 Å². The van der Waals surface area contributed by atoms with E-state index in [0.717, 1.165) is 24.0 Å². The van der Waals surface area contributed by atoms with Gasteiger partial charge in [0.05, 0.1) is 11.1 Å². The van der Waals surface area contributed by atoms with Crippen molar-refractivity contribution in [2.24, 2.45) is 17.3 Å². The normalized spacial score (nSPS) is 31.3. The smallest absolute Gasteiger partial charge is 0.338 e. The van der Waals surface area contributed by atoms with Crippen molar-refractivity contribution in [2.75, 3.05) is 13.2 Å². The number of ether oxygens (including phenoxy) is 1. The Morgan fingerprint density at radius 2 is 2.03 bits per heavy atom. The molecular formula is C29H36N2O5. The molecule has 7 heteroatoms. The molecule has 1 aromatic carbocycles. The molecule has 1 aromatic rings. The number of benzene rings is 1. The van der Waals surface area contributed by atoms with Crippen LogP contribution in [-0.2, 0) is 25.5 Å². The Bertz CT molecular complexity index is 1090. The Hall–Kier alpha value is -3.19. The quantitative estimate of drug-likeness (QED) is 0.379. The third-order valence-electron chi connectivity index (χ3n) is 8.30. The second-order valence-corrected chi connectivity index (χ2v) is 10.8. The van der Waals surface area contributed by atoms with Gasteiger partial charge < -0.3 is 20.5 Å². The van der Waals surface area contributed by atoms with Crippen LogP contribution in [0, 0.1) is 17.3 Å². The Morgan fingerprint density at radius 3 is 2.69 bits per heavy atom. The molecule has 1 unspecified atom stereocenters. The molecule has 2 heterocycles. The molecule has 1 saturated heterocycles. The zero-order valence-electron chi connectivity index (χ0n) is 21.1. The molecule has 5 atom stereocenters. The second kappa shape index (κ2) is 10.4. The summed E-state index contributed by atoms with van der Waals surface area (Å²) in [4.78, 5) is 36.9. The summed E-state index contributed by atoms with van der Waals surface area (Å²) >= 11 is 0. The summed E-state index contributed by atoms with van der Waals surface area (Å²) in [6, 6.07) is 8.77. The molecule has 36 heavy (non-hydrogen) atoms. The molecule has 0 aromatic heterocycles. The maximum atomic E-state index is 12.9. The molecule has 1 saturated carbocycles. The van der Waals surface area contributed by atoms with Gasteiger partial charge in [0.2, 0.25) is 5.91 Å². The zero-order chi connectivity index (χ0) is 25.9. The van der Waals surface area contributed by atoms with Crippen LogP contribution in [0.1, 0.15) is 45.1 Å². The van der Waals surface area contributed by atoms with Crippen LogP contribution in [0.4, 0.5) is 0 Å². The summed E-state index contributed by atoms with van der Waals surface area (Å²) in [5, 5.41) is 16.4. The summed E-state index contributed by atoms with van der Waals surface area (Å²) < 4.78 is 5.03. The minimum absolute atomic E-state index is 0.0165. The minimum Gasteiger partial charge on any atom is -0.480 e. The van der Waals surface area contributed by atoms with Crippen LogP contribution < -0.4 is 10.6 Å². The van der Waals surface area contributed by atoms with Crippen molar-refractivity contribution in [3.05, 3.63) is 71.8 Å². The van der Waals surface area contributed by atoms with E-state index in [-0.39, 0.29) is 29.1 Å². The number of esters is 1. The Kier molecular flexibility index (Phi) is 7.50. The van der Waals surface area contributed by atoms with Crippen LogP contribution in [0.15, 0.2) is 66.3 Å². The fraction of sp³-hybridized carbons (Fsp3) is 0.483. The van der Waals surface area contributed by atoms with Crippen LogP contribution in [-0.4, -0.2) is 47.7 Å². The number of rotatable bonds is 8. The van der Waals surface area contributed by atoms with Crippen molar-refractivity contribution in [3.63, 3.8) is 0 Å². The average Bonchev–Trinajstić information content (AvgIpc) is 3.21. The summed E-state index contributed by atoms with van der Waals surface area (Å²) in [6.45, 7) is 9.21. The second-order valence-electron chi connectivity index (χ2n) is 10.8. The van der Waals surface area contributed by atoms with E-state index in [4.69, 9.17) is 4.74 Å². The lowest BCUT2D eigenvalue weighted by atomic mass is 9.53. The fourth-order valence-electron chi connectivity index (χ4n) is 6.39. The van der Waals surface area contributed by atoms with Crippen LogP contribution in [0.5, 0.6) is 0 Å². The maximum absolute atomic E-state index is 12.9. The minimum atomic E-state index is -0.917. The van der Waals surface area contributed by atoms with E-state index in [1.165, 1.54) is 0 Å². The number of fused-ring (bicyclic) bond motifs is 1. The molecule has 3 aliphatic rings. The van der Waals surface area contributed by atoms with Gasteiger partial charge in [-0.1, -0.05) is 61.6 Å². The van der Waals surface area contributed by atoms with Gasteiger partial charge in [0.15, 0.2) is 0 Å². The van der Waals surface area contributed by atoms with E-state index in [0.29, 0.717) is 38.0 Å². The highest BCUT2D eigenvalue weighted by atomic mass is 16.5. The van der Waals surface area contributed by atoms with E-state index < -0.39 is 17.6 Å². The van der Waals surface area contributed by atoms with Crippen molar-refractivity contribution in [1.82, 2.24) is 10.6 Å². The van der Waals surface area contributed by atoms with Gasteiger partial charge in [0.25, 0.3) is 0 Å². The van der Waals surface area contributed by atoms with Crippen LogP contribution in [0.3, 0.4) is 0 Å². The highest BCUT2D eigenvalue weighted by molar-refractivity contribution is 5.93. The molecular weight excluding hydrogens is 456 g/mol. The van der Waals surface area contributed by atoms with Crippen molar-refractivity contribution >= 4 is 17.8 Å². The SMILES string of the molecule is C=C1CC[C@H]2[C@@](C)(CCC(=O)N[C@@]2(C)CNC(Cc2ccccc2)C(=O)O)[C@@H]1/C=C/C1=CCOC1=O. The van der Waals surface area contributed by atoms with E-state index in [1.807, 2.05) is 49.4 Å². The first-order valence-corrected chi connectivity index (χ1v) is 12.7. The number of carboxylic acid groups (broad SMARTS) is 1. The molecule has 0 bridgehead atoms. The van der Waals surface area contributed by atoms with E-state index in [1.54, 1.807) is 6.08 Å². The number of carbonyl (C=O) groups excluding carboxylic acids is 2. The lowest BCUT2D eigenvalue weighted by Gasteiger charge is -2.53. The predicted octanol–water partition coefficient (Wildman–Crippen LogP) is 3.57. The van der Waals surface area contributed by atoms with Gasteiger partial charge in [0, 0.05) is 18.9 Å². The Labute approximate surface area is 212 Å². The fourth-order valence-corrected chi connectivity index (χ4v) is 6.39. The van der Waals surface area contributed by atoms with E-state index >= 15 is 0 Å². The molecule has 4 rings (SSSR count). The van der Waals surface area contributed by atoms with Crippen molar-refractivity contribution in [2.45, 2.75) is 57.5 Å². The molecule has 2 aliphatic heterocycles. The molecule has 1 aliphatic carbocycles. The van der Waals surface area contributed by atoms with E-state index in [9.17, 15) is 19.5 Å². The molecule has 1 amide bonds. The predicted molar refractivity (Wildman–Crippen MR) is 137 cm³/mol. The van der Waals surface area contributed by atoms with Crippen molar-refractivity contribution in [1.29, 1.82) is 0 Å². The molecule has 0 radical (unpaired) electrons. The summed E-state index contributed by atoms with van der Waals surface area (Å²) in [5.74, 6) is -1.20.